The minimum Gasteiger partial charge on any atom is -0.497 e. The van der Waals surface area contributed by atoms with Crippen molar-refractivity contribution in [2.75, 3.05) is 7.11 Å². The van der Waals surface area contributed by atoms with Gasteiger partial charge in [0.05, 0.1) is 30.9 Å². The van der Waals surface area contributed by atoms with Crippen LogP contribution >= 0.6 is 0 Å². The Morgan fingerprint density at radius 1 is 1.08 bits per heavy atom. The van der Waals surface area contributed by atoms with Crippen molar-refractivity contribution in [2.24, 2.45) is 0 Å². The minimum atomic E-state index is -0.474. The Morgan fingerprint density at radius 3 is 2.76 bits per heavy atom. The first-order chi connectivity index (χ1) is 12.2. The molecule has 0 aliphatic heterocycles. The van der Waals surface area contributed by atoms with Crippen molar-refractivity contribution in [1.82, 2.24) is 9.55 Å². The molecular formula is C19H14N2O4. The van der Waals surface area contributed by atoms with E-state index in [0.717, 1.165) is 5.39 Å². The third-order valence-electron chi connectivity index (χ3n) is 4.11. The molecule has 0 bridgehead atoms. The van der Waals surface area contributed by atoms with E-state index in [9.17, 15) is 9.59 Å². The summed E-state index contributed by atoms with van der Waals surface area (Å²) >= 11 is 0. The van der Waals surface area contributed by atoms with E-state index in [1.54, 1.807) is 37.4 Å². The Kier molecular flexibility index (Phi) is 3.57. The fourth-order valence-corrected chi connectivity index (χ4v) is 2.87. The first kappa shape index (κ1) is 15.1. The molecule has 0 N–H and O–H groups in total. The number of benzene rings is 2. The molecule has 25 heavy (non-hydrogen) atoms. The Bertz CT molecular complexity index is 1210. The van der Waals surface area contributed by atoms with Crippen LogP contribution in [0.1, 0.15) is 5.56 Å². The number of hydrogen-bond acceptors (Lipinski definition) is 5. The predicted octanol–water partition coefficient (Wildman–Crippen LogP) is 2.56. The van der Waals surface area contributed by atoms with Gasteiger partial charge in [0.2, 0.25) is 0 Å². The van der Waals surface area contributed by atoms with Gasteiger partial charge in [-0.3, -0.25) is 9.36 Å². The third kappa shape index (κ3) is 2.67. The number of fused-ring (bicyclic) bond motifs is 2. The fraction of sp³-hybridized carbons (Fsp3) is 0.105. The molecular weight excluding hydrogens is 320 g/mol. The summed E-state index contributed by atoms with van der Waals surface area (Å²) in [5.74, 6) is 0.595. The van der Waals surface area contributed by atoms with Crippen LogP contribution < -0.4 is 15.9 Å². The average Bonchev–Trinajstić information content (AvgIpc) is 2.63. The fourth-order valence-electron chi connectivity index (χ4n) is 2.87. The van der Waals surface area contributed by atoms with Gasteiger partial charge in [-0.1, -0.05) is 12.1 Å². The molecule has 0 unspecified atom stereocenters. The first-order valence-corrected chi connectivity index (χ1v) is 7.70. The smallest absolute Gasteiger partial charge is 0.336 e. The van der Waals surface area contributed by atoms with E-state index in [1.807, 2.05) is 12.1 Å². The molecule has 2 aromatic heterocycles. The summed E-state index contributed by atoms with van der Waals surface area (Å²) in [5, 5.41) is 1.29. The maximum Gasteiger partial charge on any atom is 0.336 e. The summed E-state index contributed by atoms with van der Waals surface area (Å²) in [6, 6.07) is 13.8. The molecule has 0 saturated carbocycles. The lowest BCUT2D eigenvalue weighted by molar-refractivity contribution is 0.414. The number of aromatic nitrogens is 2. The number of nitrogens with zero attached hydrogens (tertiary/aromatic N) is 2. The van der Waals surface area contributed by atoms with Crippen molar-refractivity contribution >= 4 is 21.9 Å². The van der Waals surface area contributed by atoms with Gasteiger partial charge >= 0.3 is 5.63 Å². The highest BCUT2D eigenvalue weighted by atomic mass is 16.5. The number of methoxy groups -OCH3 is 1. The van der Waals surface area contributed by atoms with Gasteiger partial charge in [-0.15, -0.1) is 0 Å². The minimum absolute atomic E-state index is 0.152. The van der Waals surface area contributed by atoms with E-state index in [1.165, 1.54) is 17.0 Å². The zero-order chi connectivity index (χ0) is 17.4. The van der Waals surface area contributed by atoms with Crippen LogP contribution in [0.2, 0.25) is 0 Å². The summed E-state index contributed by atoms with van der Waals surface area (Å²) in [5.41, 5.74) is 1.13. The SMILES string of the molecule is COc1ccc2c(Cn3cnc4ccccc4c3=O)cc(=O)oc2c1. The Morgan fingerprint density at radius 2 is 1.92 bits per heavy atom. The van der Waals surface area contributed by atoms with E-state index in [-0.39, 0.29) is 12.1 Å². The van der Waals surface area contributed by atoms with Gasteiger partial charge in [0.1, 0.15) is 11.3 Å². The van der Waals surface area contributed by atoms with E-state index in [2.05, 4.69) is 4.98 Å². The largest absolute Gasteiger partial charge is 0.497 e. The van der Waals surface area contributed by atoms with E-state index in [4.69, 9.17) is 9.15 Å². The number of ether oxygens (including phenoxy) is 1. The number of rotatable bonds is 3. The van der Waals surface area contributed by atoms with Gasteiger partial charge in [0.25, 0.3) is 5.56 Å². The van der Waals surface area contributed by atoms with Crippen molar-refractivity contribution in [2.45, 2.75) is 6.54 Å². The summed E-state index contributed by atoms with van der Waals surface area (Å²) in [7, 11) is 1.55. The van der Waals surface area contributed by atoms with Gasteiger partial charge in [0.15, 0.2) is 0 Å². The van der Waals surface area contributed by atoms with Crippen LogP contribution in [0.5, 0.6) is 5.75 Å². The van der Waals surface area contributed by atoms with Crippen LogP contribution in [0.15, 0.2) is 68.9 Å². The van der Waals surface area contributed by atoms with E-state index >= 15 is 0 Å². The van der Waals surface area contributed by atoms with Crippen LogP contribution in [-0.2, 0) is 6.54 Å². The number of hydrogen-bond donors (Lipinski definition) is 0. The highest BCUT2D eigenvalue weighted by molar-refractivity contribution is 5.81. The lowest BCUT2D eigenvalue weighted by atomic mass is 10.1. The normalized spacial score (nSPS) is 11.1. The molecule has 4 aromatic rings. The van der Waals surface area contributed by atoms with Crippen LogP contribution in [0, 0.1) is 0 Å². The molecule has 0 fully saturated rings. The zero-order valence-corrected chi connectivity index (χ0v) is 13.4. The van der Waals surface area contributed by atoms with E-state index < -0.39 is 5.63 Å². The molecule has 6 heteroatoms. The standard InChI is InChI=1S/C19H14N2O4/c1-24-13-6-7-14-12(8-18(22)25-17(14)9-13)10-21-11-20-16-5-3-2-4-15(16)19(21)23/h2-9,11H,10H2,1H3. The second-order valence-corrected chi connectivity index (χ2v) is 5.65. The van der Waals surface area contributed by atoms with Gasteiger partial charge < -0.3 is 9.15 Å². The maximum atomic E-state index is 12.7. The molecule has 0 radical (unpaired) electrons. The Balaban J connectivity index is 1.87. The van der Waals surface area contributed by atoms with Crippen molar-refractivity contribution in [3.8, 4) is 5.75 Å². The third-order valence-corrected chi connectivity index (χ3v) is 4.11. The molecule has 0 aliphatic carbocycles. The summed E-state index contributed by atoms with van der Waals surface area (Å²) in [6.45, 7) is 0.227. The molecule has 6 nitrogen and oxygen atoms in total. The van der Waals surface area contributed by atoms with Crippen molar-refractivity contribution in [1.29, 1.82) is 0 Å². The molecule has 0 atom stereocenters. The molecule has 0 amide bonds. The molecule has 0 aliphatic rings. The van der Waals surface area contributed by atoms with Crippen LogP contribution in [0.4, 0.5) is 0 Å². The predicted molar refractivity (Wildman–Crippen MR) is 94.1 cm³/mol. The zero-order valence-electron chi connectivity index (χ0n) is 13.4. The van der Waals surface area contributed by atoms with Gasteiger partial charge in [0, 0.05) is 17.5 Å². The van der Waals surface area contributed by atoms with Gasteiger partial charge in [-0.2, -0.15) is 0 Å². The molecule has 4 rings (SSSR count). The summed E-state index contributed by atoms with van der Waals surface area (Å²) < 4.78 is 11.9. The topological polar surface area (TPSA) is 74.3 Å². The molecule has 124 valence electrons. The Labute approximate surface area is 141 Å². The second kappa shape index (κ2) is 5.90. The average molecular weight is 334 g/mol. The molecule has 2 heterocycles. The van der Waals surface area contributed by atoms with Crippen LogP contribution in [-0.4, -0.2) is 16.7 Å². The quantitative estimate of drug-likeness (QED) is 0.538. The Hall–Kier alpha value is -3.41. The van der Waals surface area contributed by atoms with Crippen molar-refractivity contribution in [3.05, 3.63) is 81.2 Å². The monoisotopic (exact) mass is 334 g/mol. The highest BCUT2D eigenvalue weighted by Crippen LogP contribution is 2.23. The molecule has 0 spiro atoms. The summed E-state index contributed by atoms with van der Waals surface area (Å²) in [6.07, 6.45) is 1.49. The van der Waals surface area contributed by atoms with E-state index in [0.29, 0.717) is 27.8 Å². The second-order valence-electron chi connectivity index (χ2n) is 5.65. The highest BCUT2D eigenvalue weighted by Gasteiger charge is 2.10. The number of para-hydroxylation sites is 1. The lowest BCUT2D eigenvalue weighted by Gasteiger charge is -2.09. The van der Waals surface area contributed by atoms with Gasteiger partial charge in [-0.25, -0.2) is 9.78 Å². The first-order valence-electron chi connectivity index (χ1n) is 7.70. The maximum absolute atomic E-state index is 12.7. The van der Waals surface area contributed by atoms with Crippen LogP contribution in [0.25, 0.3) is 21.9 Å². The molecule has 0 saturated heterocycles. The van der Waals surface area contributed by atoms with Crippen LogP contribution in [0.3, 0.4) is 0 Å². The lowest BCUT2D eigenvalue weighted by Crippen LogP contribution is -2.21. The van der Waals surface area contributed by atoms with Crippen molar-refractivity contribution < 1.29 is 9.15 Å². The van der Waals surface area contributed by atoms with Gasteiger partial charge in [-0.05, 0) is 29.8 Å². The molecule has 2 aromatic carbocycles. The van der Waals surface area contributed by atoms with Crippen molar-refractivity contribution in [3.63, 3.8) is 0 Å². The summed E-state index contributed by atoms with van der Waals surface area (Å²) in [4.78, 5) is 28.8.